The van der Waals surface area contributed by atoms with Crippen LogP contribution in [-0.2, 0) is 5.41 Å². The smallest absolute Gasteiger partial charge is 0.0130 e. The molecule has 2 heteroatoms. The van der Waals surface area contributed by atoms with Crippen LogP contribution in [0.1, 0.15) is 12.0 Å². The van der Waals surface area contributed by atoms with Crippen LogP contribution in [0.2, 0.25) is 0 Å². The lowest BCUT2D eigenvalue weighted by atomic mass is 9.90. The minimum Gasteiger partial charge on any atom is -0.305 e. The van der Waals surface area contributed by atoms with Crippen LogP contribution < -0.4 is 0 Å². The summed E-state index contributed by atoms with van der Waals surface area (Å²) in [7, 11) is 2.25. The molecule has 0 N–H and O–H groups in total. The van der Waals surface area contributed by atoms with Crippen LogP contribution >= 0.6 is 12.4 Å². The Bertz CT molecular complexity index is 589. The number of likely N-dealkylation sites (tertiary alicyclic amines) is 1. The molecule has 1 aliphatic carbocycles. The van der Waals surface area contributed by atoms with Gasteiger partial charge in [-0.2, -0.15) is 0 Å². The molecule has 18 heavy (non-hydrogen) atoms. The highest BCUT2D eigenvalue weighted by Gasteiger charge is 2.60. The van der Waals surface area contributed by atoms with Gasteiger partial charge in [-0.3, -0.25) is 0 Å². The van der Waals surface area contributed by atoms with Gasteiger partial charge in [-0.1, -0.05) is 42.5 Å². The molecule has 1 heterocycles. The molecule has 2 aliphatic rings. The first-order valence-corrected chi connectivity index (χ1v) is 6.46. The predicted molar refractivity (Wildman–Crippen MR) is 78.5 cm³/mol. The quantitative estimate of drug-likeness (QED) is 0.758. The first-order valence-electron chi connectivity index (χ1n) is 6.46. The highest BCUT2D eigenvalue weighted by atomic mass is 35.5. The van der Waals surface area contributed by atoms with E-state index in [1.54, 1.807) is 5.56 Å². The van der Waals surface area contributed by atoms with E-state index in [9.17, 15) is 0 Å². The van der Waals surface area contributed by atoms with Crippen molar-refractivity contribution < 1.29 is 0 Å². The van der Waals surface area contributed by atoms with Gasteiger partial charge in [-0.25, -0.2) is 0 Å². The third-order valence-corrected chi connectivity index (χ3v) is 4.64. The van der Waals surface area contributed by atoms with Crippen LogP contribution in [0.3, 0.4) is 0 Å². The summed E-state index contributed by atoms with van der Waals surface area (Å²) in [4.78, 5) is 2.48. The minimum absolute atomic E-state index is 0. The largest absolute Gasteiger partial charge is 0.305 e. The van der Waals surface area contributed by atoms with Crippen molar-refractivity contribution in [3.8, 4) is 0 Å². The van der Waals surface area contributed by atoms with E-state index in [4.69, 9.17) is 0 Å². The molecule has 1 aliphatic heterocycles. The average Bonchev–Trinajstić information content (AvgIpc) is 2.92. The Morgan fingerprint density at radius 1 is 1.11 bits per heavy atom. The summed E-state index contributed by atoms with van der Waals surface area (Å²) in [6.07, 6.45) is 1.39. The Labute approximate surface area is 114 Å². The Morgan fingerprint density at radius 3 is 2.67 bits per heavy atom. The molecule has 0 aromatic heterocycles. The van der Waals surface area contributed by atoms with E-state index in [1.807, 2.05) is 0 Å². The number of piperidine rings is 1. The first-order chi connectivity index (χ1) is 8.29. The number of hydrogen-bond donors (Lipinski definition) is 0. The maximum absolute atomic E-state index is 2.48. The average molecular weight is 260 g/mol. The zero-order valence-corrected chi connectivity index (χ0v) is 11.4. The number of nitrogens with zero attached hydrogens (tertiary/aromatic N) is 1. The highest BCUT2D eigenvalue weighted by molar-refractivity contribution is 5.87. The molecule has 0 radical (unpaired) electrons. The zero-order valence-electron chi connectivity index (χ0n) is 10.6. The third-order valence-electron chi connectivity index (χ3n) is 4.64. The molecule has 2 fully saturated rings. The van der Waals surface area contributed by atoms with Crippen molar-refractivity contribution in [3.05, 3.63) is 48.0 Å². The van der Waals surface area contributed by atoms with Crippen molar-refractivity contribution in [3.63, 3.8) is 0 Å². The van der Waals surface area contributed by atoms with E-state index in [1.165, 1.54) is 30.3 Å². The van der Waals surface area contributed by atoms with E-state index in [0.29, 0.717) is 5.41 Å². The lowest BCUT2D eigenvalue weighted by molar-refractivity contribution is 0.364. The Kier molecular flexibility index (Phi) is 2.65. The summed E-state index contributed by atoms with van der Waals surface area (Å²) in [6, 6.07) is 15.6. The van der Waals surface area contributed by atoms with Crippen LogP contribution in [0.25, 0.3) is 10.8 Å². The number of benzene rings is 2. The number of halogens is 1. The number of hydrogen-bond acceptors (Lipinski definition) is 1. The zero-order chi connectivity index (χ0) is 11.5. The van der Waals surface area contributed by atoms with Crippen molar-refractivity contribution in [1.82, 2.24) is 4.90 Å². The fourth-order valence-electron chi connectivity index (χ4n) is 3.81. The lowest BCUT2D eigenvalue weighted by Crippen LogP contribution is -2.22. The highest BCUT2D eigenvalue weighted by Crippen LogP contribution is 2.59. The van der Waals surface area contributed by atoms with Gasteiger partial charge in [0.1, 0.15) is 0 Å². The van der Waals surface area contributed by atoms with Gasteiger partial charge in [0.2, 0.25) is 0 Å². The van der Waals surface area contributed by atoms with Gasteiger partial charge in [0, 0.05) is 18.5 Å². The maximum atomic E-state index is 2.48. The molecule has 4 rings (SSSR count). The third kappa shape index (κ3) is 1.51. The van der Waals surface area contributed by atoms with Gasteiger partial charge in [-0.15, -0.1) is 12.4 Å². The maximum Gasteiger partial charge on any atom is 0.0130 e. The van der Waals surface area contributed by atoms with Crippen molar-refractivity contribution in [2.24, 2.45) is 5.92 Å². The Morgan fingerprint density at radius 2 is 1.89 bits per heavy atom. The van der Waals surface area contributed by atoms with Gasteiger partial charge < -0.3 is 4.90 Å². The standard InChI is InChI=1S/C16H17N.ClH/c1-17-10-13-9-16(13,11-17)15-8-4-6-12-5-2-3-7-14(12)15;/h2-8,13H,9-11H2,1H3;1H/t13-,16-;/m0./s1. The summed E-state index contributed by atoms with van der Waals surface area (Å²) in [5.41, 5.74) is 2.07. The molecule has 1 saturated carbocycles. The van der Waals surface area contributed by atoms with E-state index in [2.05, 4.69) is 54.4 Å². The van der Waals surface area contributed by atoms with Gasteiger partial charge in [-0.05, 0) is 35.7 Å². The summed E-state index contributed by atoms with van der Waals surface area (Å²) >= 11 is 0. The summed E-state index contributed by atoms with van der Waals surface area (Å²) in [5.74, 6) is 0.901. The van der Waals surface area contributed by atoms with E-state index in [0.717, 1.165) is 5.92 Å². The molecule has 0 amide bonds. The molecule has 0 unspecified atom stereocenters. The second-order valence-corrected chi connectivity index (χ2v) is 5.78. The van der Waals surface area contributed by atoms with Crippen LogP contribution in [0.5, 0.6) is 0 Å². The second-order valence-electron chi connectivity index (χ2n) is 5.78. The molecule has 1 saturated heterocycles. The second kappa shape index (κ2) is 3.97. The minimum atomic E-state index is 0. The normalized spacial score (nSPS) is 29.9. The fourth-order valence-corrected chi connectivity index (χ4v) is 3.81. The fraction of sp³-hybridized carbons (Fsp3) is 0.375. The molecule has 2 aromatic rings. The molecule has 2 aromatic carbocycles. The molecular formula is C16H18ClN. The van der Waals surface area contributed by atoms with E-state index >= 15 is 0 Å². The Balaban J connectivity index is 0.000001000. The van der Waals surface area contributed by atoms with Crippen LogP contribution in [0.15, 0.2) is 42.5 Å². The molecule has 2 atom stereocenters. The van der Waals surface area contributed by atoms with Crippen molar-refractivity contribution in [1.29, 1.82) is 0 Å². The predicted octanol–water partition coefficient (Wildman–Crippen LogP) is 3.46. The Hall–Kier alpha value is -1.05. The summed E-state index contributed by atoms with van der Waals surface area (Å²) < 4.78 is 0. The van der Waals surface area contributed by atoms with Gasteiger partial charge >= 0.3 is 0 Å². The van der Waals surface area contributed by atoms with Crippen LogP contribution in [-0.4, -0.2) is 25.0 Å². The van der Waals surface area contributed by atoms with E-state index in [-0.39, 0.29) is 12.4 Å². The summed E-state index contributed by atoms with van der Waals surface area (Å²) in [5, 5.41) is 2.85. The molecule has 0 spiro atoms. The van der Waals surface area contributed by atoms with Crippen LogP contribution in [0.4, 0.5) is 0 Å². The molecule has 94 valence electrons. The van der Waals surface area contributed by atoms with Gasteiger partial charge in [0.05, 0.1) is 0 Å². The summed E-state index contributed by atoms with van der Waals surface area (Å²) in [6.45, 7) is 2.52. The van der Waals surface area contributed by atoms with Gasteiger partial charge in [0.25, 0.3) is 0 Å². The lowest BCUT2D eigenvalue weighted by Gasteiger charge is -2.18. The molecular weight excluding hydrogens is 242 g/mol. The van der Waals surface area contributed by atoms with Gasteiger partial charge in [0.15, 0.2) is 0 Å². The first kappa shape index (κ1) is 12.0. The monoisotopic (exact) mass is 259 g/mol. The van der Waals surface area contributed by atoms with Crippen molar-refractivity contribution in [2.45, 2.75) is 11.8 Å². The molecule has 1 nitrogen and oxygen atoms in total. The van der Waals surface area contributed by atoms with Crippen LogP contribution in [0, 0.1) is 5.92 Å². The van der Waals surface area contributed by atoms with E-state index < -0.39 is 0 Å². The van der Waals surface area contributed by atoms with Crippen molar-refractivity contribution in [2.75, 3.05) is 20.1 Å². The number of likely N-dealkylation sites (N-methyl/N-ethyl adjacent to an activating group) is 1. The number of fused-ring (bicyclic) bond motifs is 2. The SMILES string of the molecule is CN1C[C@@H]2C[C@]2(c2cccc3ccccc23)C1.Cl. The molecule has 0 bridgehead atoms. The number of rotatable bonds is 1. The topological polar surface area (TPSA) is 3.24 Å². The van der Waals surface area contributed by atoms with Crippen molar-refractivity contribution >= 4 is 23.2 Å².